The number of likely N-dealkylation sites (N-methyl/N-ethyl adjacent to an activating group) is 1. The van der Waals surface area contributed by atoms with Crippen LogP contribution in [0.2, 0.25) is 0 Å². The van der Waals surface area contributed by atoms with Crippen molar-refractivity contribution in [1.29, 1.82) is 0 Å². The van der Waals surface area contributed by atoms with E-state index in [9.17, 15) is 22.4 Å². The highest BCUT2D eigenvalue weighted by atomic mass is 32.2. The Hall–Kier alpha value is -4.70. The van der Waals surface area contributed by atoms with E-state index in [0.29, 0.717) is 17.9 Å². The second-order valence-corrected chi connectivity index (χ2v) is 11.6. The van der Waals surface area contributed by atoms with Crippen LogP contribution in [0.4, 0.5) is 10.1 Å². The number of carbonyl (C=O) groups excluding carboxylic acids is 2. The normalized spacial score (nSPS) is 11.8. The Morgan fingerprint density at radius 2 is 1.44 bits per heavy atom. The van der Waals surface area contributed by atoms with Crippen LogP contribution in [0.5, 0.6) is 5.75 Å². The van der Waals surface area contributed by atoms with E-state index < -0.39 is 34.3 Å². The lowest BCUT2D eigenvalue weighted by Crippen LogP contribution is -2.53. The molecule has 1 atom stereocenters. The summed E-state index contributed by atoms with van der Waals surface area (Å²) in [5.74, 6) is -0.937. The molecule has 0 spiro atoms. The van der Waals surface area contributed by atoms with Crippen LogP contribution in [-0.4, -0.2) is 51.4 Å². The first-order valence-electron chi connectivity index (χ1n) is 13.8. The van der Waals surface area contributed by atoms with E-state index in [0.717, 1.165) is 9.87 Å². The third kappa shape index (κ3) is 7.98. The Balaban J connectivity index is 1.77. The predicted molar refractivity (Wildman–Crippen MR) is 164 cm³/mol. The van der Waals surface area contributed by atoms with Crippen LogP contribution in [0.3, 0.4) is 0 Å². The van der Waals surface area contributed by atoms with E-state index in [1.807, 2.05) is 30.3 Å². The average molecular weight is 604 g/mol. The van der Waals surface area contributed by atoms with Crippen molar-refractivity contribution in [2.45, 2.75) is 30.8 Å². The molecule has 0 saturated carbocycles. The van der Waals surface area contributed by atoms with E-state index in [-0.39, 0.29) is 29.5 Å². The minimum atomic E-state index is -4.22. The van der Waals surface area contributed by atoms with Crippen molar-refractivity contribution in [2.75, 3.05) is 24.5 Å². The zero-order chi connectivity index (χ0) is 30.8. The van der Waals surface area contributed by atoms with Crippen molar-refractivity contribution < 1.29 is 27.1 Å². The molecule has 0 unspecified atom stereocenters. The highest BCUT2D eigenvalue weighted by Crippen LogP contribution is 2.26. The summed E-state index contributed by atoms with van der Waals surface area (Å²) in [6, 6.07) is 28.1. The van der Waals surface area contributed by atoms with Crippen molar-refractivity contribution in [3.63, 3.8) is 0 Å². The predicted octanol–water partition coefficient (Wildman–Crippen LogP) is 4.81. The summed E-state index contributed by atoms with van der Waals surface area (Å²) in [5.41, 5.74) is 1.69. The molecule has 0 bridgehead atoms. The number of hydrogen-bond acceptors (Lipinski definition) is 5. The first-order valence-corrected chi connectivity index (χ1v) is 15.2. The number of carbonyl (C=O) groups is 2. The van der Waals surface area contributed by atoms with E-state index in [1.165, 1.54) is 60.5 Å². The number of rotatable bonds is 13. The number of para-hydroxylation sites is 1. The summed E-state index contributed by atoms with van der Waals surface area (Å²) in [5, 5.41) is 2.81. The topological polar surface area (TPSA) is 96.0 Å². The lowest BCUT2D eigenvalue weighted by molar-refractivity contribution is -0.140. The third-order valence-electron chi connectivity index (χ3n) is 6.86. The maximum Gasteiger partial charge on any atom is 0.264 e. The fraction of sp³-hybridized carbons (Fsp3) is 0.212. The quantitative estimate of drug-likeness (QED) is 0.237. The van der Waals surface area contributed by atoms with Gasteiger partial charge in [-0.15, -0.1) is 0 Å². The highest BCUT2D eigenvalue weighted by Gasteiger charge is 2.34. The van der Waals surface area contributed by atoms with Gasteiger partial charge in [0, 0.05) is 19.5 Å². The molecule has 0 saturated heterocycles. The highest BCUT2D eigenvalue weighted by molar-refractivity contribution is 7.92. The number of sulfonamides is 1. The van der Waals surface area contributed by atoms with Gasteiger partial charge in [0.05, 0.1) is 17.7 Å². The van der Waals surface area contributed by atoms with Gasteiger partial charge in [-0.1, -0.05) is 60.7 Å². The molecule has 10 heteroatoms. The number of ether oxygens (including phenoxy) is 1. The van der Waals surface area contributed by atoms with E-state index in [4.69, 9.17) is 4.74 Å². The lowest BCUT2D eigenvalue weighted by Gasteiger charge is -2.33. The third-order valence-corrected chi connectivity index (χ3v) is 8.65. The summed E-state index contributed by atoms with van der Waals surface area (Å²) in [7, 11) is -2.74. The fourth-order valence-corrected chi connectivity index (χ4v) is 6.04. The Morgan fingerprint density at radius 3 is 2.02 bits per heavy atom. The van der Waals surface area contributed by atoms with Crippen LogP contribution in [0, 0.1) is 5.82 Å². The number of benzene rings is 4. The van der Waals surface area contributed by atoms with E-state index in [2.05, 4.69) is 5.32 Å². The number of anilines is 1. The van der Waals surface area contributed by atoms with Crippen molar-refractivity contribution in [3.05, 3.63) is 126 Å². The Kier molecular flexibility index (Phi) is 10.5. The molecule has 4 aromatic rings. The van der Waals surface area contributed by atoms with Gasteiger partial charge in [0.25, 0.3) is 10.0 Å². The van der Waals surface area contributed by atoms with Crippen LogP contribution >= 0.6 is 0 Å². The summed E-state index contributed by atoms with van der Waals surface area (Å²) in [6.45, 7) is 1.50. The zero-order valence-corrected chi connectivity index (χ0v) is 24.8. The summed E-state index contributed by atoms with van der Waals surface area (Å²) in [6.07, 6.45) is 0.191. The van der Waals surface area contributed by atoms with Crippen molar-refractivity contribution in [1.82, 2.24) is 10.2 Å². The number of nitrogens with one attached hydrogen (secondary N) is 1. The maximum absolute atomic E-state index is 14.3. The molecule has 0 heterocycles. The van der Waals surface area contributed by atoms with Crippen molar-refractivity contribution >= 4 is 27.5 Å². The molecular weight excluding hydrogens is 569 g/mol. The van der Waals surface area contributed by atoms with Gasteiger partial charge in [-0.3, -0.25) is 13.9 Å². The van der Waals surface area contributed by atoms with Gasteiger partial charge in [0.15, 0.2) is 0 Å². The molecule has 2 amide bonds. The van der Waals surface area contributed by atoms with Crippen LogP contribution in [-0.2, 0) is 32.6 Å². The monoisotopic (exact) mass is 603 g/mol. The largest absolute Gasteiger partial charge is 0.497 e. The van der Waals surface area contributed by atoms with Gasteiger partial charge in [-0.05, 0) is 66.6 Å². The molecule has 8 nitrogen and oxygen atoms in total. The molecule has 0 aliphatic heterocycles. The zero-order valence-electron chi connectivity index (χ0n) is 24.0. The van der Waals surface area contributed by atoms with Gasteiger partial charge in [0.1, 0.15) is 24.2 Å². The van der Waals surface area contributed by atoms with Crippen LogP contribution in [0.15, 0.2) is 114 Å². The second kappa shape index (κ2) is 14.5. The van der Waals surface area contributed by atoms with Gasteiger partial charge in [-0.25, -0.2) is 12.8 Å². The smallest absolute Gasteiger partial charge is 0.264 e. The molecule has 4 rings (SSSR count). The lowest BCUT2D eigenvalue weighted by atomic mass is 10.0. The molecule has 1 N–H and O–H groups in total. The van der Waals surface area contributed by atoms with Crippen LogP contribution in [0.1, 0.15) is 18.1 Å². The van der Waals surface area contributed by atoms with Gasteiger partial charge >= 0.3 is 0 Å². The Bertz CT molecular complexity index is 1600. The van der Waals surface area contributed by atoms with E-state index >= 15 is 0 Å². The number of amides is 2. The Labute approximate surface area is 251 Å². The molecule has 4 aromatic carbocycles. The minimum absolute atomic E-state index is 0.0281. The van der Waals surface area contributed by atoms with Crippen LogP contribution < -0.4 is 14.4 Å². The van der Waals surface area contributed by atoms with Crippen molar-refractivity contribution in [2.24, 2.45) is 0 Å². The van der Waals surface area contributed by atoms with Gasteiger partial charge in [0.2, 0.25) is 11.8 Å². The van der Waals surface area contributed by atoms with Crippen molar-refractivity contribution in [3.8, 4) is 5.75 Å². The summed E-state index contributed by atoms with van der Waals surface area (Å²) >= 11 is 0. The summed E-state index contributed by atoms with van der Waals surface area (Å²) < 4.78 is 47.9. The van der Waals surface area contributed by atoms with Gasteiger partial charge in [-0.2, -0.15) is 0 Å². The molecule has 224 valence electrons. The molecule has 0 radical (unpaired) electrons. The molecule has 0 fully saturated rings. The molecule has 0 aliphatic carbocycles. The molecule has 43 heavy (non-hydrogen) atoms. The number of nitrogens with zero attached hydrogens (tertiary/aromatic N) is 2. The second-order valence-electron chi connectivity index (χ2n) is 9.77. The number of hydrogen-bond donors (Lipinski definition) is 1. The minimum Gasteiger partial charge on any atom is -0.497 e. The summed E-state index contributed by atoms with van der Waals surface area (Å²) in [4.78, 5) is 29.1. The number of methoxy groups -OCH3 is 1. The Morgan fingerprint density at radius 1 is 0.837 bits per heavy atom. The standard InChI is InChI=1S/C33H34FN3O5S/c1-3-35-33(39)31(22-25-10-6-4-7-11-25)36(23-26-14-16-27(34)17-15-26)32(38)24-37(28-12-8-5-9-13-28)43(40,41)30-20-18-29(42-2)19-21-30/h4-21,31H,3,22-24H2,1-2H3,(H,35,39)/t31-/m0/s1. The number of halogens is 1. The van der Waals surface area contributed by atoms with Crippen LogP contribution in [0.25, 0.3) is 0 Å². The SMILES string of the molecule is CCNC(=O)[C@H](Cc1ccccc1)N(Cc1ccc(F)cc1)C(=O)CN(c1ccccc1)S(=O)(=O)c1ccc(OC)cc1. The fourth-order valence-electron chi connectivity index (χ4n) is 4.63. The molecular formula is C33H34FN3O5S. The maximum atomic E-state index is 14.3. The molecule has 0 aliphatic rings. The van der Waals surface area contributed by atoms with E-state index in [1.54, 1.807) is 37.3 Å². The first kappa shape index (κ1) is 31.2. The average Bonchev–Trinajstić information content (AvgIpc) is 3.03. The van der Waals surface area contributed by atoms with Gasteiger partial charge < -0.3 is 15.0 Å². The first-order chi connectivity index (χ1) is 20.7. The molecule has 0 aromatic heterocycles.